The molecule has 0 fully saturated rings. The molecular formula is C7H4BrCl2NO. The van der Waals surface area contributed by atoms with E-state index >= 15 is 0 Å². The van der Waals surface area contributed by atoms with Crippen molar-refractivity contribution in [1.82, 2.24) is 0 Å². The van der Waals surface area contributed by atoms with Crippen LogP contribution in [0.1, 0.15) is 10.4 Å². The Kier molecular flexibility index (Phi) is 2.99. The van der Waals surface area contributed by atoms with Crippen LogP contribution in [0.4, 0.5) is 0 Å². The molecule has 0 aromatic heterocycles. The summed E-state index contributed by atoms with van der Waals surface area (Å²) in [5.74, 6) is -0.602. The van der Waals surface area contributed by atoms with Gasteiger partial charge >= 0.3 is 0 Å². The molecule has 2 nitrogen and oxygen atoms in total. The molecule has 0 radical (unpaired) electrons. The van der Waals surface area contributed by atoms with Crippen molar-refractivity contribution in [2.24, 2.45) is 5.73 Å². The first-order chi connectivity index (χ1) is 5.54. The van der Waals surface area contributed by atoms with Crippen LogP contribution in [0.15, 0.2) is 16.6 Å². The first-order valence-electron chi connectivity index (χ1n) is 2.97. The number of carbonyl (C=O) groups is 1. The zero-order chi connectivity index (χ0) is 9.30. The standard InChI is InChI=1S/C7H4BrCl2NO/c8-3-1-2-4(9)6(10)5(3)7(11)12/h1-2H,(H2,11,12). The first-order valence-corrected chi connectivity index (χ1v) is 4.52. The minimum absolute atomic E-state index is 0.179. The minimum Gasteiger partial charge on any atom is -0.366 e. The van der Waals surface area contributed by atoms with Gasteiger partial charge in [0.1, 0.15) is 0 Å². The maximum Gasteiger partial charge on any atom is 0.251 e. The van der Waals surface area contributed by atoms with Crippen LogP contribution in [0.2, 0.25) is 10.0 Å². The summed E-state index contributed by atoms with van der Waals surface area (Å²) >= 11 is 14.5. The van der Waals surface area contributed by atoms with E-state index in [1.165, 1.54) is 0 Å². The monoisotopic (exact) mass is 267 g/mol. The van der Waals surface area contributed by atoms with Gasteiger partial charge in [-0.05, 0) is 28.1 Å². The van der Waals surface area contributed by atoms with Crippen LogP contribution in [-0.4, -0.2) is 5.91 Å². The van der Waals surface area contributed by atoms with Gasteiger partial charge in [-0.2, -0.15) is 0 Å². The van der Waals surface area contributed by atoms with E-state index in [2.05, 4.69) is 15.9 Å². The molecule has 1 aromatic rings. The number of halogens is 3. The van der Waals surface area contributed by atoms with Crippen molar-refractivity contribution < 1.29 is 4.79 Å². The second-order valence-electron chi connectivity index (χ2n) is 2.08. The summed E-state index contributed by atoms with van der Waals surface area (Å²) in [6, 6.07) is 3.20. The molecule has 1 aromatic carbocycles. The Morgan fingerprint density at radius 3 is 2.42 bits per heavy atom. The number of primary amides is 1. The summed E-state index contributed by atoms with van der Waals surface area (Å²) in [6.45, 7) is 0. The zero-order valence-electron chi connectivity index (χ0n) is 5.77. The molecule has 64 valence electrons. The molecule has 0 spiro atoms. The number of hydrogen-bond acceptors (Lipinski definition) is 1. The minimum atomic E-state index is -0.602. The second kappa shape index (κ2) is 3.64. The van der Waals surface area contributed by atoms with Crippen LogP contribution in [0.5, 0.6) is 0 Å². The highest BCUT2D eigenvalue weighted by Gasteiger charge is 2.13. The van der Waals surface area contributed by atoms with Crippen molar-refractivity contribution in [3.8, 4) is 0 Å². The Hall–Kier alpha value is -0.250. The average Bonchev–Trinajstić information content (AvgIpc) is 1.97. The molecule has 12 heavy (non-hydrogen) atoms. The van der Waals surface area contributed by atoms with E-state index in [0.717, 1.165) is 0 Å². The molecule has 0 bridgehead atoms. The Bertz CT molecular complexity index is 340. The smallest absolute Gasteiger partial charge is 0.251 e. The van der Waals surface area contributed by atoms with Crippen molar-refractivity contribution in [3.05, 3.63) is 32.2 Å². The first kappa shape index (κ1) is 9.84. The summed E-state index contributed by atoms with van der Waals surface area (Å²) in [6.07, 6.45) is 0. The van der Waals surface area contributed by atoms with Crippen LogP contribution in [0.3, 0.4) is 0 Å². The largest absolute Gasteiger partial charge is 0.366 e. The van der Waals surface area contributed by atoms with Gasteiger partial charge in [-0.15, -0.1) is 0 Å². The Morgan fingerprint density at radius 2 is 2.00 bits per heavy atom. The normalized spacial score (nSPS) is 9.92. The van der Waals surface area contributed by atoms with E-state index < -0.39 is 5.91 Å². The number of carbonyl (C=O) groups excluding carboxylic acids is 1. The molecule has 0 aliphatic heterocycles. The molecule has 0 heterocycles. The highest BCUT2D eigenvalue weighted by atomic mass is 79.9. The highest BCUT2D eigenvalue weighted by Crippen LogP contribution is 2.30. The molecule has 0 saturated heterocycles. The van der Waals surface area contributed by atoms with Crippen LogP contribution in [0.25, 0.3) is 0 Å². The second-order valence-corrected chi connectivity index (χ2v) is 3.72. The lowest BCUT2D eigenvalue weighted by molar-refractivity contribution is 0.0999. The lowest BCUT2D eigenvalue weighted by Gasteiger charge is -2.03. The van der Waals surface area contributed by atoms with Crippen molar-refractivity contribution >= 4 is 45.0 Å². The molecule has 0 atom stereocenters. The summed E-state index contributed by atoms with van der Waals surface area (Å²) in [4.78, 5) is 10.8. The van der Waals surface area contributed by atoms with Gasteiger partial charge in [0.2, 0.25) is 0 Å². The molecule has 2 N–H and O–H groups in total. The summed E-state index contributed by atoms with van der Waals surface area (Å²) in [7, 11) is 0. The lowest BCUT2D eigenvalue weighted by atomic mass is 10.2. The number of nitrogens with two attached hydrogens (primary N) is 1. The molecule has 1 rings (SSSR count). The third-order valence-electron chi connectivity index (χ3n) is 1.29. The highest BCUT2D eigenvalue weighted by molar-refractivity contribution is 9.10. The van der Waals surface area contributed by atoms with E-state index in [-0.39, 0.29) is 10.6 Å². The Morgan fingerprint density at radius 1 is 1.42 bits per heavy atom. The SMILES string of the molecule is NC(=O)c1c(Br)ccc(Cl)c1Cl. The number of amides is 1. The summed E-state index contributed by atoms with van der Waals surface area (Å²) in [5.41, 5.74) is 5.28. The van der Waals surface area contributed by atoms with Crippen molar-refractivity contribution in [2.45, 2.75) is 0 Å². The van der Waals surface area contributed by atoms with Crippen LogP contribution < -0.4 is 5.73 Å². The number of rotatable bonds is 1. The van der Waals surface area contributed by atoms with E-state index in [1.807, 2.05) is 0 Å². The maximum atomic E-state index is 10.8. The van der Waals surface area contributed by atoms with Crippen LogP contribution >= 0.6 is 39.1 Å². The third-order valence-corrected chi connectivity index (χ3v) is 2.76. The van der Waals surface area contributed by atoms with E-state index in [0.29, 0.717) is 9.50 Å². The summed E-state index contributed by atoms with van der Waals surface area (Å²) in [5, 5.41) is 0.493. The fourth-order valence-corrected chi connectivity index (χ4v) is 1.81. The van der Waals surface area contributed by atoms with Gasteiger partial charge in [0.25, 0.3) is 5.91 Å². The number of hydrogen-bond donors (Lipinski definition) is 1. The molecule has 0 aliphatic carbocycles. The topological polar surface area (TPSA) is 43.1 Å². The van der Waals surface area contributed by atoms with Gasteiger partial charge < -0.3 is 5.73 Å². The van der Waals surface area contributed by atoms with Gasteiger partial charge in [0.15, 0.2) is 0 Å². The fraction of sp³-hybridized carbons (Fsp3) is 0. The molecule has 0 unspecified atom stereocenters. The van der Waals surface area contributed by atoms with E-state index in [4.69, 9.17) is 28.9 Å². The van der Waals surface area contributed by atoms with Gasteiger partial charge in [0.05, 0.1) is 15.6 Å². The van der Waals surface area contributed by atoms with Crippen LogP contribution in [0, 0.1) is 0 Å². The number of benzene rings is 1. The van der Waals surface area contributed by atoms with Crippen molar-refractivity contribution in [3.63, 3.8) is 0 Å². The Labute approximate surface area is 87.8 Å². The Balaban J connectivity index is 3.43. The fourth-order valence-electron chi connectivity index (χ4n) is 0.753. The predicted molar refractivity (Wildman–Crippen MR) is 52.7 cm³/mol. The lowest BCUT2D eigenvalue weighted by Crippen LogP contribution is -2.12. The van der Waals surface area contributed by atoms with Gasteiger partial charge in [-0.1, -0.05) is 23.2 Å². The molecule has 1 amide bonds. The van der Waals surface area contributed by atoms with Crippen molar-refractivity contribution in [1.29, 1.82) is 0 Å². The maximum absolute atomic E-state index is 10.8. The molecular weight excluding hydrogens is 265 g/mol. The van der Waals surface area contributed by atoms with Gasteiger partial charge in [0, 0.05) is 4.47 Å². The quantitative estimate of drug-likeness (QED) is 0.782. The molecule has 0 saturated carbocycles. The molecule has 5 heteroatoms. The van der Waals surface area contributed by atoms with Gasteiger partial charge in [-0.25, -0.2) is 0 Å². The van der Waals surface area contributed by atoms with Crippen LogP contribution in [-0.2, 0) is 0 Å². The van der Waals surface area contributed by atoms with Gasteiger partial charge in [-0.3, -0.25) is 4.79 Å². The van der Waals surface area contributed by atoms with E-state index in [9.17, 15) is 4.79 Å². The molecule has 0 aliphatic rings. The van der Waals surface area contributed by atoms with E-state index in [1.54, 1.807) is 12.1 Å². The third kappa shape index (κ3) is 1.73. The average molecular weight is 269 g/mol. The summed E-state index contributed by atoms with van der Waals surface area (Å²) < 4.78 is 0.546. The zero-order valence-corrected chi connectivity index (χ0v) is 8.87. The predicted octanol–water partition coefficient (Wildman–Crippen LogP) is 2.85. The van der Waals surface area contributed by atoms with Crippen molar-refractivity contribution in [2.75, 3.05) is 0 Å².